The number of rotatable bonds is 4. The summed E-state index contributed by atoms with van der Waals surface area (Å²) in [5.41, 5.74) is 0. The van der Waals surface area contributed by atoms with Gasteiger partial charge in [0.25, 0.3) is 0 Å². The lowest BCUT2D eigenvalue weighted by Gasteiger charge is -2.21. The fourth-order valence-corrected chi connectivity index (χ4v) is 2.16. The molecule has 15 heavy (non-hydrogen) atoms. The highest BCUT2D eigenvalue weighted by Gasteiger charge is 2.15. The Balaban J connectivity index is 1.93. The van der Waals surface area contributed by atoms with Crippen LogP contribution in [-0.2, 0) is 0 Å². The van der Waals surface area contributed by atoms with Crippen LogP contribution in [0.3, 0.4) is 0 Å². The number of aromatic nitrogens is 2. The van der Waals surface area contributed by atoms with Crippen molar-refractivity contribution in [2.45, 2.75) is 51.5 Å². The Kier molecular flexibility index (Phi) is 3.64. The third kappa shape index (κ3) is 2.74. The molecular weight excluding hydrogens is 188 g/mol. The third-order valence-corrected chi connectivity index (χ3v) is 3.00. The van der Waals surface area contributed by atoms with Gasteiger partial charge < -0.3 is 4.74 Å². The molecule has 1 aliphatic rings. The number of hydrogen-bond donors (Lipinski definition) is 0. The van der Waals surface area contributed by atoms with E-state index in [1.807, 2.05) is 12.4 Å². The van der Waals surface area contributed by atoms with E-state index in [1.54, 1.807) is 0 Å². The highest BCUT2D eigenvalue weighted by molar-refractivity contribution is 5.12. The molecule has 0 aliphatic heterocycles. The van der Waals surface area contributed by atoms with E-state index < -0.39 is 0 Å². The van der Waals surface area contributed by atoms with Gasteiger partial charge in [0.05, 0.1) is 25.0 Å². The molecule has 0 atom stereocenters. The molecule has 1 aliphatic carbocycles. The molecule has 1 heterocycles. The molecule has 0 bridgehead atoms. The summed E-state index contributed by atoms with van der Waals surface area (Å²) in [7, 11) is 0. The summed E-state index contributed by atoms with van der Waals surface area (Å²) in [6.07, 6.45) is 11.6. The lowest BCUT2D eigenvalue weighted by Crippen LogP contribution is -2.12. The predicted octanol–water partition coefficient (Wildman–Crippen LogP) is 3.18. The van der Waals surface area contributed by atoms with Crippen molar-refractivity contribution >= 4 is 0 Å². The average Bonchev–Trinajstić information content (AvgIpc) is 2.76. The summed E-state index contributed by atoms with van der Waals surface area (Å²) in [5.74, 6) is 0.919. The first-order valence-corrected chi connectivity index (χ1v) is 6.07. The molecule has 0 unspecified atom stereocenters. The third-order valence-electron chi connectivity index (χ3n) is 3.00. The van der Waals surface area contributed by atoms with Crippen LogP contribution in [0.15, 0.2) is 12.4 Å². The van der Waals surface area contributed by atoms with Crippen LogP contribution in [0.25, 0.3) is 0 Å². The molecular formula is C12H20N2O. The molecule has 3 heteroatoms. The SMILES string of the molecule is CCCOc1cnn(C2CCCCC2)c1. The molecule has 2 rings (SSSR count). The Morgan fingerprint density at radius 3 is 2.93 bits per heavy atom. The molecule has 3 nitrogen and oxygen atoms in total. The quantitative estimate of drug-likeness (QED) is 0.760. The lowest BCUT2D eigenvalue weighted by atomic mass is 9.96. The van der Waals surface area contributed by atoms with Crippen LogP contribution < -0.4 is 4.74 Å². The van der Waals surface area contributed by atoms with Crippen LogP contribution in [-0.4, -0.2) is 16.4 Å². The molecule has 1 saturated carbocycles. The van der Waals surface area contributed by atoms with Crippen molar-refractivity contribution in [2.24, 2.45) is 0 Å². The van der Waals surface area contributed by atoms with Gasteiger partial charge in [-0.05, 0) is 19.3 Å². The maximum Gasteiger partial charge on any atom is 0.157 e. The first kappa shape index (κ1) is 10.5. The summed E-state index contributed by atoms with van der Waals surface area (Å²) in [6.45, 7) is 2.90. The zero-order valence-electron chi connectivity index (χ0n) is 9.48. The Morgan fingerprint density at radius 2 is 2.20 bits per heavy atom. The second-order valence-corrected chi connectivity index (χ2v) is 4.30. The van der Waals surface area contributed by atoms with Gasteiger partial charge in [-0.3, -0.25) is 4.68 Å². The van der Waals surface area contributed by atoms with E-state index >= 15 is 0 Å². The molecule has 0 radical (unpaired) electrons. The molecule has 1 aromatic heterocycles. The smallest absolute Gasteiger partial charge is 0.157 e. The second kappa shape index (κ2) is 5.19. The molecule has 1 fully saturated rings. The Hall–Kier alpha value is -0.990. The highest BCUT2D eigenvalue weighted by Crippen LogP contribution is 2.28. The van der Waals surface area contributed by atoms with E-state index in [4.69, 9.17) is 4.74 Å². The Morgan fingerprint density at radius 1 is 1.40 bits per heavy atom. The topological polar surface area (TPSA) is 27.1 Å². The van der Waals surface area contributed by atoms with Gasteiger partial charge in [-0.15, -0.1) is 0 Å². The normalized spacial score (nSPS) is 17.9. The van der Waals surface area contributed by atoms with Crippen molar-refractivity contribution in [3.05, 3.63) is 12.4 Å². The lowest BCUT2D eigenvalue weighted by molar-refractivity contribution is 0.310. The summed E-state index contributed by atoms with van der Waals surface area (Å²) in [6, 6.07) is 0.609. The molecule has 1 aromatic rings. The van der Waals surface area contributed by atoms with Crippen molar-refractivity contribution in [3.8, 4) is 5.75 Å². The van der Waals surface area contributed by atoms with Crippen molar-refractivity contribution in [2.75, 3.05) is 6.61 Å². The fourth-order valence-electron chi connectivity index (χ4n) is 2.16. The second-order valence-electron chi connectivity index (χ2n) is 4.30. The summed E-state index contributed by atoms with van der Waals surface area (Å²) < 4.78 is 7.63. The van der Waals surface area contributed by atoms with Crippen LogP contribution in [0, 0.1) is 0 Å². The molecule has 0 N–H and O–H groups in total. The zero-order chi connectivity index (χ0) is 10.5. The summed E-state index contributed by atoms with van der Waals surface area (Å²) >= 11 is 0. The fraction of sp³-hybridized carbons (Fsp3) is 0.750. The predicted molar refractivity (Wildman–Crippen MR) is 60.1 cm³/mol. The van der Waals surface area contributed by atoms with Gasteiger partial charge in [0.15, 0.2) is 5.75 Å². The van der Waals surface area contributed by atoms with Gasteiger partial charge >= 0.3 is 0 Å². The van der Waals surface area contributed by atoms with E-state index in [0.29, 0.717) is 6.04 Å². The Labute approximate surface area is 91.4 Å². The van der Waals surface area contributed by atoms with Gasteiger partial charge in [0, 0.05) is 0 Å². The van der Waals surface area contributed by atoms with E-state index in [0.717, 1.165) is 18.8 Å². The van der Waals surface area contributed by atoms with Crippen LogP contribution in [0.5, 0.6) is 5.75 Å². The monoisotopic (exact) mass is 208 g/mol. The molecule has 0 aromatic carbocycles. The van der Waals surface area contributed by atoms with Gasteiger partial charge in [-0.1, -0.05) is 26.2 Å². The van der Waals surface area contributed by atoms with E-state index in [9.17, 15) is 0 Å². The van der Waals surface area contributed by atoms with Crippen molar-refractivity contribution in [1.29, 1.82) is 0 Å². The van der Waals surface area contributed by atoms with Crippen LogP contribution in [0.2, 0.25) is 0 Å². The van der Waals surface area contributed by atoms with Gasteiger partial charge in [0.1, 0.15) is 0 Å². The first-order chi connectivity index (χ1) is 7.40. The van der Waals surface area contributed by atoms with E-state index in [-0.39, 0.29) is 0 Å². The maximum absolute atomic E-state index is 5.54. The summed E-state index contributed by atoms with van der Waals surface area (Å²) in [5, 5.41) is 4.38. The van der Waals surface area contributed by atoms with Gasteiger partial charge in [-0.2, -0.15) is 5.10 Å². The largest absolute Gasteiger partial charge is 0.490 e. The van der Waals surface area contributed by atoms with Crippen molar-refractivity contribution in [1.82, 2.24) is 9.78 Å². The van der Waals surface area contributed by atoms with Crippen LogP contribution >= 0.6 is 0 Å². The minimum absolute atomic E-state index is 0.609. The molecule has 0 spiro atoms. The maximum atomic E-state index is 5.54. The molecule has 84 valence electrons. The summed E-state index contributed by atoms with van der Waals surface area (Å²) in [4.78, 5) is 0. The van der Waals surface area contributed by atoms with E-state index in [1.165, 1.54) is 32.1 Å². The van der Waals surface area contributed by atoms with E-state index in [2.05, 4.69) is 16.7 Å². The first-order valence-electron chi connectivity index (χ1n) is 6.07. The number of ether oxygens (including phenoxy) is 1. The number of nitrogens with zero attached hydrogens (tertiary/aromatic N) is 2. The van der Waals surface area contributed by atoms with Crippen LogP contribution in [0.1, 0.15) is 51.5 Å². The minimum Gasteiger partial charge on any atom is -0.490 e. The van der Waals surface area contributed by atoms with Gasteiger partial charge in [0.2, 0.25) is 0 Å². The Bertz CT molecular complexity index is 290. The number of hydrogen-bond acceptors (Lipinski definition) is 2. The average molecular weight is 208 g/mol. The van der Waals surface area contributed by atoms with Gasteiger partial charge in [-0.25, -0.2) is 0 Å². The zero-order valence-corrected chi connectivity index (χ0v) is 9.48. The van der Waals surface area contributed by atoms with Crippen molar-refractivity contribution in [3.63, 3.8) is 0 Å². The highest BCUT2D eigenvalue weighted by atomic mass is 16.5. The minimum atomic E-state index is 0.609. The van der Waals surface area contributed by atoms with Crippen molar-refractivity contribution < 1.29 is 4.74 Å². The molecule has 0 saturated heterocycles. The van der Waals surface area contributed by atoms with Crippen LogP contribution in [0.4, 0.5) is 0 Å². The standard InChI is InChI=1S/C12H20N2O/c1-2-8-15-12-9-13-14(10-12)11-6-4-3-5-7-11/h9-11H,2-8H2,1H3. The molecule has 0 amide bonds.